The zero-order valence-electron chi connectivity index (χ0n) is 15.3. The molecule has 1 aromatic carbocycles. The first-order chi connectivity index (χ1) is 11.9. The Morgan fingerprint density at radius 1 is 1.31 bits per heavy atom. The number of likely N-dealkylation sites (N-methyl/N-ethyl adjacent to an activating group) is 1. The number of rotatable bonds is 6. The summed E-state index contributed by atoms with van der Waals surface area (Å²) in [5, 5.41) is 12.8. The fourth-order valence-electron chi connectivity index (χ4n) is 2.32. The van der Waals surface area contributed by atoms with Crippen LogP contribution in [0.15, 0.2) is 36.7 Å². The predicted molar refractivity (Wildman–Crippen MR) is 103 cm³/mol. The Balaban J connectivity index is 0.00000338. The second-order valence-corrected chi connectivity index (χ2v) is 5.91. The lowest BCUT2D eigenvalue weighted by atomic mass is 10.1. The number of benzene rings is 1. The van der Waals surface area contributed by atoms with Crippen molar-refractivity contribution < 1.29 is 9.59 Å². The van der Waals surface area contributed by atoms with Crippen LogP contribution in [0.25, 0.3) is 0 Å². The highest BCUT2D eigenvalue weighted by atomic mass is 35.5. The molecule has 0 bridgehead atoms. The molecule has 1 unspecified atom stereocenters. The van der Waals surface area contributed by atoms with Gasteiger partial charge in [-0.05, 0) is 24.7 Å². The lowest BCUT2D eigenvalue weighted by molar-refractivity contribution is -0.123. The number of nitrogens with zero attached hydrogens (tertiary/aromatic N) is 3. The Bertz CT molecular complexity index is 746. The number of aromatic nitrogens is 2. The Labute approximate surface area is 159 Å². The molecule has 1 atom stereocenters. The number of carbonyl (C=O) groups is 2. The maximum absolute atomic E-state index is 12.4. The summed E-state index contributed by atoms with van der Waals surface area (Å²) in [5.74, 6) is -0.141. The molecule has 0 aliphatic rings. The quantitative estimate of drug-likeness (QED) is 0.708. The largest absolute Gasteiger partial charge is 0.350 e. The number of halogens is 1. The highest BCUT2D eigenvalue weighted by Gasteiger charge is 2.19. The van der Waals surface area contributed by atoms with Gasteiger partial charge in [-0.25, -0.2) is 4.79 Å². The van der Waals surface area contributed by atoms with E-state index in [1.165, 1.54) is 4.90 Å². The average Bonchev–Trinajstić information content (AvgIpc) is 3.00. The molecular formula is C17H25ClN6O2. The number of amides is 3. The van der Waals surface area contributed by atoms with Gasteiger partial charge in [-0.2, -0.15) is 5.10 Å². The number of hydrogen-bond donors (Lipinski definition) is 3. The van der Waals surface area contributed by atoms with Crippen molar-refractivity contribution >= 4 is 30.0 Å². The number of hydrogen-bond acceptors (Lipinski definition) is 4. The van der Waals surface area contributed by atoms with Crippen LogP contribution in [0.5, 0.6) is 0 Å². The molecule has 0 fully saturated rings. The van der Waals surface area contributed by atoms with Gasteiger partial charge in [0.25, 0.3) is 0 Å². The summed E-state index contributed by atoms with van der Waals surface area (Å²) < 4.78 is 1.66. The Morgan fingerprint density at radius 2 is 2.04 bits per heavy atom. The van der Waals surface area contributed by atoms with Crippen LogP contribution in [0.3, 0.4) is 0 Å². The molecule has 1 heterocycles. The highest BCUT2D eigenvalue weighted by molar-refractivity contribution is 5.89. The molecule has 142 valence electrons. The summed E-state index contributed by atoms with van der Waals surface area (Å²) in [6.07, 6.45) is 3.47. The number of anilines is 1. The zero-order valence-corrected chi connectivity index (χ0v) is 16.1. The van der Waals surface area contributed by atoms with E-state index in [1.807, 2.05) is 25.2 Å². The van der Waals surface area contributed by atoms with Crippen LogP contribution in [-0.4, -0.2) is 47.8 Å². The van der Waals surface area contributed by atoms with Crippen LogP contribution >= 0.6 is 12.4 Å². The molecule has 8 nitrogen and oxygen atoms in total. The minimum Gasteiger partial charge on any atom is -0.350 e. The van der Waals surface area contributed by atoms with Crippen molar-refractivity contribution in [2.75, 3.05) is 26.5 Å². The van der Waals surface area contributed by atoms with Gasteiger partial charge >= 0.3 is 6.03 Å². The van der Waals surface area contributed by atoms with Crippen molar-refractivity contribution in [2.24, 2.45) is 7.05 Å². The van der Waals surface area contributed by atoms with E-state index in [1.54, 1.807) is 44.3 Å². The van der Waals surface area contributed by atoms with Crippen LogP contribution in [0.4, 0.5) is 10.5 Å². The van der Waals surface area contributed by atoms with Crippen molar-refractivity contribution in [1.29, 1.82) is 0 Å². The highest BCUT2D eigenvalue weighted by Crippen LogP contribution is 2.13. The Kier molecular flexibility index (Phi) is 8.08. The van der Waals surface area contributed by atoms with Crippen LogP contribution < -0.4 is 16.0 Å². The predicted octanol–water partition coefficient (Wildman–Crippen LogP) is 1.51. The van der Waals surface area contributed by atoms with Gasteiger partial charge in [0, 0.05) is 45.1 Å². The summed E-state index contributed by atoms with van der Waals surface area (Å²) in [7, 11) is 6.89. The Hall–Kier alpha value is -2.58. The molecule has 0 saturated carbocycles. The molecule has 0 aliphatic heterocycles. The van der Waals surface area contributed by atoms with E-state index < -0.39 is 6.04 Å². The van der Waals surface area contributed by atoms with Crippen LogP contribution in [-0.2, 0) is 18.4 Å². The molecule has 3 N–H and O–H groups in total. The van der Waals surface area contributed by atoms with Crippen LogP contribution in [0, 0.1) is 0 Å². The standard InChI is InChI=1S/C17H24N6O2.ClH/c1-18-15(13-10-20-23(4)11-13)16(24)19-9-12-6-5-7-14(8-12)21-17(25)22(2)3;/h5-8,10-11,15,18H,9H2,1-4H3,(H,19,24)(H,21,25);1H. The maximum atomic E-state index is 12.4. The number of urea groups is 1. The van der Waals surface area contributed by atoms with Gasteiger partial charge in [-0.1, -0.05) is 12.1 Å². The molecule has 0 radical (unpaired) electrons. The van der Waals surface area contributed by atoms with Gasteiger partial charge in [0.2, 0.25) is 5.91 Å². The van der Waals surface area contributed by atoms with Gasteiger partial charge in [0.1, 0.15) is 6.04 Å². The molecule has 2 aromatic rings. The number of nitrogens with one attached hydrogen (secondary N) is 3. The van der Waals surface area contributed by atoms with Gasteiger partial charge in [0.15, 0.2) is 0 Å². The smallest absolute Gasteiger partial charge is 0.321 e. The third kappa shape index (κ3) is 5.75. The summed E-state index contributed by atoms with van der Waals surface area (Å²) in [6.45, 7) is 0.364. The van der Waals surface area contributed by atoms with E-state index in [9.17, 15) is 9.59 Å². The first-order valence-electron chi connectivity index (χ1n) is 7.91. The fraction of sp³-hybridized carbons (Fsp3) is 0.353. The lowest BCUT2D eigenvalue weighted by Crippen LogP contribution is -2.35. The molecule has 0 spiro atoms. The average molecular weight is 381 g/mol. The van der Waals surface area contributed by atoms with Crippen molar-refractivity contribution in [1.82, 2.24) is 25.3 Å². The molecule has 1 aromatic heterocycles. The molecule has 3 amide bonds. The molecular weight excluding hydrogens is 356 g/mol. The number of aryl methyl sites for hydroxylation is 1. The van der Waals surface area contributed by atoms with Crippen LogP contribution in [0.1, 0.15) is 17.2 Å². The minimum absolute atomic E-state index is 0. The summed E-state index contributed by atoms with van der Waals surface area (Å²) in [6, 6.07) is 6.70. The monoisotopic (exact) mass is 380 g/mol. The van der Waals surface area contributed by atoms with E-state index in [-0.39, 0.29) is 24.3 Å². The number of carbonyl (C=O) groups excluding carboxylic acids is 2. The van der Waals surface area contributed by atoms with Crippen molar-refractivity contribution in [3.63, 3.8) is 0 Å². The van der Waals surface area contributed by atoms with Crippen molar-refractivity contribution in [2.45, 2.75) is 12.6 Å². The van der Waals surface area contributed by atoms with E-state index in [2.05, 4.69) is 21.0 Å². The minimum atomic E-state index is -0.467. The van der Waals surface area contributed by atoms with Crippen LogP contribution in [0.2, 0.25) is 0 Å². The SMILES string of the molecule is CNC(C(=O)NCc1cccc(NC(=O)N(C)C)c1)c1cnn(C)c1.Cl. The van der Waals surface area contributed by atoms with Gasteiger partial charge in [-0.3, -0.25) is 9.48 Å². The van der Waals surface area contributed by atoms with Crippen molar-refractivity contribution in [3.8, 4) is 0 Å². The fourth-order valence-corrected chi connectivity index (χ4v) is 2.32. The third-order valence-corrected chi connectivity index (χ3v) is 3.66. The topological polar surface area (TPSA) is 91.3 Å². The molecule has 26 heavy (non-hydrogen) atoms. The zero-order chi connectivity index (χ0) is 18.4. The second kappa shape index (κ2) is 9.79. The molecule has 2 rings (SSSR count). The van der Waals surface area contributed by atoms with E-state index >= 15 is 0 Å². The Morgan fingerprint density at radius 3 is 2.62 bits per heavy atom. The lowest BCUT2D eigenvalue weighted by Gasteiger charge is -2.15. The summed E-state index contributed by atoms with van der Waals surface area (Å²) >= 11 is 0. The molecule has 0 aliphatic carbocycles. The van der Waals surface area contributed by atoms with Gasteiger partial charge in [-0.15, -0.1) is 12.4 Å². The third-order valence-electron chi connectivity index (χ3n) is 3.66. The van der Waals surface area contributed by atoms with Crippen molar-refractivity contribution in [3.05, 3.63) is 47.8 Å². The summed E-state index contributed by atoms with van der Waals surface area (Å²) in [5.41, 5.74) is 2.38. The first-order valence-corrected chi connectivity index (χ1v) is 7.91. The normalized spacial score (nSPS) is 11.2. The molecule has 9 heteroatoms. The van der Waals surface area contributed by atoms with Gasteiger partial charge < -0.3 is 20.9 Å². The molecule has 0 saturated heterocycles. The van der Waals surface area contributed by atoms with E-state index in [0.717, 1.165) is 11.1 Å². The van der Waals surface area contributed by atoms with E-state index in [0.29, 0.717) is 12.2 Å². The maximum Gasteiger partial charge on any atom is 0.321 e. The first kappa shape index (κ1) is 21.5. The second-order valence-electron chi connectivity index (χ2n) is 5.91. The van der Waals surface area contributed by atoms with E-state index in [4.69, 9.17) is 0 Å². The summed E-state index contributed by atoms with van der Waals surface area (Å²) in [4.78, 5) is 25.6. The van der Waals surface area contributed by atoms with Gasteiger partial charge in [0.05, 0.1) is 6.20 Å².